The van der Waals surface area contributed by atoms with E-state index in [0.717, 1.165) is 11.3 Å². The fraction of sp³-hybridized carbons (Fsp3) is 0.143. The van der Waals surface area contributed by atoms with Crippen LogP contribution in [-0.2, 0) is 0 Å². The Bertz CT molecular complexity index is 641. The van der Waals surface area contributed by atoms with E-state index in [1.165, 1.54) is 0 Å². The van der Waals surface area contributed by atoms with Gasteiger partial charge in [-0.15, -0.1) is 0 Å². The van der Waals surface area contributed by atoms with Gasteiger partial charge in [-0.25, -0.2) is 4.98 Å². The topological polar surface area (TPSA) is 62.2 Å². The minimum atomic E-state index is -0.389. The van der Waals surface area contributed by atoms with Gasteiger partial charge in [-0.05, 0) is 59.6 Å². The third-order valence-electron chi connectivity index (χ3n) is 2.58. The molecule has 1 amide bonds. The number of aryl methyl sites for hydroxylation is 2. The molecule has 0 spiro atoms. The SMILES string of the molecule is Cc1cc(Br)c(O)c(C(=O)Nc2cccc(C)n2)c1. The first-order valence-corrected chi connectivity index (χ1v) is 6.51. The second-order valence-electron chi connectivity index (χ2n) is 4.26. The van der Waals surface area contributed by atoms with E-state index in [1.807, 2.05) is 26.0 Å². The molecule has 98 valence electrons. The van der Waals surface area contributed by atoms with E-state index in [2.05, 4.69) is 26.2 Å². The number of phenols is 1. The molecular formula is C14H13BrN2O2. The van der Waals surface area contributed by atoms with Gasteiger partial charge < -0.3 is 10.4 Å². The number of aromatic nitrogens is 1. The summed E-state index contributed by atoms with van der Waals surface area (Å²) >= 11 is 3.22. The van der Waals surface area contributed by atoms with Crippen LogP contribution in [0.25, 0.3) is 0 Å². The summed E-state index contributed by atoms with van der Waals surface area (Å²) in [5.74, 6) is -0.00205. The van der Waals surface area contributed by atoms with Crippen molar-refractivity contribution in [2.45, 2.75) is 13.8 Å². The van der Waals surface area contributed by atoms with Gasteiger partial charge in [-0.3, -0.25) is 4.79 Å². The largest absolute Gasteiger partial charge is 0.506 e. The molecular weight excluding hydrogens is 308 g/mol. The molecule has 0 atom stereocenters. The van der Waals surface area contributed by atoms with Crippen molar-refractivity contribution >= 4 is 27.7 Å². The Kier molecular flexibility index (Phi) is 3.85. The van der Waals surface area contributed by atoms with Crippen LogP contribution >= 0.6 is 15.9 Å². The first-order chi connectivity index (χ1) is 8.97. The van der Waals surface area contributed by atoms with E-state index in [1.54, 1.807) is 18.2 Å². The Morgan fingerprint density at radius 1 is 1.32 bits per heavy atom. The summed E-state index contributed by atoms with van der Waals surface area (Å²) in [4.78, 5) is 16.3. The van der Waals surface area contributed by atoms with Gasteiger partial charge in [0.2, 0.25) is 0 Å². The van der Waals surface area contributed by atoms with Crippen molar-refractivity contribution in [3.05, 3.63) is 51.6 Å². The van der Waals surface area contributed by atoms with Gasteiger partial charge in [0, 0.05) is 5.69 Å². The van der Waals surface area contributed by atoms with Gasteiger partial charge in [-0.2, -0.15) is 0 Å². The monoisotopic (exact) mass is 320 g/mol. The number of halogens is 1. The molecule has 1 aromatic heterocycles. The number of nitrogens with zero attached hydrogens (tertiary/aromatic N) is 1. The lowest BCUT2D eigenvalue weighted by molar-refractivity contribution is 0.102. The van der Waals surface area contributed by atoms with Crippen LogP contribution in [0.15, 0.2) is 34.8 Å². The molecule has 0 aliphatic rings. The lowest BCUT2D eigenvalue weighted by atomic mass is 10.1. The van der Waals surface area contributed by atoms with Crippen LogP contribution in [0.3, 0.4) is 0 Å². The van der Waals surface area contributed by atoms with E-state index in [4.69, 9.17) is 0 Å². The summed E-state index contributed by atoms with van der Waals surface area (Å²) in [6.07, 6.45) is 0. The lowest BCUT2D eigenvalue weighted by Crippen LogP contribution is -2.13. The van der Waals surface area contributed by atoms with Crippen molar-refractivity contribution < 1.29 is 9.90 Å². The van der Waals surface area contributed by atoms with Crippen LogP contribution < -0.4 is 5.32 Å². The molecule has 4 nitrogen and oxygen atoms in total. The van der Waals surface area contributed by atoms with Crippen molar-refractivity contribution in [2.75, 3.05) is 5.32 Å². The molecule has 19 heavy (non-hydrogen) atoms. The summed E-state index contributed by atoms with van der Waals surface area (Å²) in [6, 6.07) is 8.73. The van der Waals surface area contributed by atoms with E-state index >= 15 is 0 Å². The van der Waals surface area contributed by atoms with E-state index < -0.39 is 0 Å². The van der Waals surface area contributed by atoms with Gasteiger partial charge in [0.05, 0.1) is 10.0 Å². The predicted molar refractivity (Wildman–Crippen MR) is 77.5 cm³/mol. The smallest absolute Gasteiger partial charge is 0.260 e. The Hall–Kier alpha value is -1.88. The van der Waals surface area contributed by atoms with Crippen LogP contribution in [0.2, 0.25) is 0 Å². The highest BCUT2D eigenvalue weighted by Gasteiger charge is 2.15. The number of hydrogen-bond donors (Lipinski definition) is 2. The molecule has 0 bridgehead atoms. The zero-order valence-corrected chi connectivity index (χ0v) is 12.2. The number of pyridine rings is 1. The Labute approximate surface area is 119 Å². The number of amides is 1. The van der Waals surface area contributed by atoms with Gasteiger partial charge in [-0.1, -0.05) is 6.07 Å². The van der Waals surface area contributed by atoms with Gasteiger partial charge >= 0.3 is 0 Å². The van der Waals surface area contributed by atoms with Crippen molar-refractivity contribution in [1.82, 2.24) is 4.98 Å². The van der Waals surface area contributed by atoms with Crippen molar-refractivity contribution in [2.24, 2.45) is 0 Å². The highest BCUT2D eigenvalue weighted by atomic mass is 79.9. The van der Waals surface area contributed by atoms with Crippen LogP contribution in [0.1, 0.15) is 21.6 Å². The van der Waals surface area contributed by atoms with E-state index in [0.29, 0.717) is 10.3 Å². The number of anilines is 1. The molecule has 5 heteroatoms. The van der Waals surface area contributed by atoms with Gasteiger partial charge in [0.15, 0.2) is 0 Å². The fourth-order valence-corrected chi connectivity index (χ4v) is 2.28. The summed E-state index contributed by atoms with van der Waals surface area (Å²) in [5, 5.41) is 12.6. The normalized spacial score (nSPS) is 10.3. The summed E-state index contributed by atoms with van der Waals surface area (Å²) in [5.41, 5.74) is 1.91. The zero-order chi connectivity index (χ0) is 14.0. The van der Waals surface area contributed by atoms with Gasteiger partial charge in [0.25, 0.3) is 5.91 Å². The highest BCUT2D eigenvalue weighted by Crippen LogP contribution is 2.29. The molecule has 0 unspecified atom stereocenters. The van der Waals surface area contributed by atoms with Crippen LogP contribution in [-0.4, -0.2) is 16.0 Å². The molecule has 0 fully saturated rings. The van der Waals surface area contributed by atoms with Crippen molar-refractivity contribution in [1.29, 1.82) is 0 Å². The molecule has 0 saturated carbocycles. The standard InChI is InChI=1S/C14H13BrN2O2/c1-8-6-10(13(18)11(15)7-8)14(19)17-12-5-3-4-9(2)16-12/h3-7,18H,1-2H3,(H,16,17,19). The molecule has 2 rings (SSSR count). The number of aromatic hydroxyl groups is 1. The summed E-state index contributed by atoms with van der Waals surface area (Å²) in [7, 11) is 0. The molecule has 2 N–H and O–H groups in total. The van der Waals surface area contributed by atoms with Crippen molar-refractivity contribution in [3.8, 4) is 5.75 Å². The van der Waals surface area contributed by atoms with Gasteiger partial charge in [0.1, 0.15) is 11.6 Å². The maximum Gasteiger partial charge on any atom is 0.260 e. The first kappa shape index (κ1) is 13.5. The van der Waals surface area contributed by atoms with Crippen molar-refractivity contribution in [3.63, 3.8) is 0 Å². The second kappa shape index (κ2) is 5.40. The molecule has 0 saturated heterocycles. The zero-order valence-electron chi connectivity index (χ0n) is 10.6. The Morgan fingerprint density at radius 2 is 2.05 bits per heavy atom. The van der Waals surface area contributed by atoms with E-state index in [9.17, 15) is 9.90 Å². The molecule has 0 aliphatic heterocycles. The van der Waals surface area contributed by atoms with Crippen LogP contribution in [0.4, 0.5) is 5.82 Å². The Balaban J connectivity index is 2.30. The minimum absolute atomic E-state index is 0.0734. The third kappa shape index (κ3) is 3.12. The molecule has 2 aromatic rings. The summed E-state index contributed by atoms with van der Waals surface area (Å²) < 4.78 is 0.495. The number of carbonyl (C=O) groups excluding carboxylic acids is 1. The molecule has 0 aliphatic carbocycles. The molecule has 1 aromatic carbocycles. The van der Waals surface area contributed by atoms with Crippen LogP contribution in [0, 0.1) is 13.8 Å². The second-order valence-corrected chi connectivity index (χ2v) is 5.12. The maximum atomic E-state index is 12.1. The number of carbonyl (C=O) groups is 1. The highest BCUT2D eigenvalue weighted by molar-refractivity contribution is 9.10. The predicted octanol–water partition coefficient (Wildman–Crippen LogP) is 3.42. The molecule has 0 radical (unpaired) electrons. The lowest BCUT2D eigenvalue weighted by Gasteiger charge is -2.09. The number of hydrogen-bond acceptors (Lipinski definition) is 3. The summed E-state index contributed by atoms with van der Waals surface area (Å²) in [6.45, 7) is 3.70. The number of phenolic OH excluding ortho intramolecular Hbond substituents is 1. The number of benzene rings is 1. The number of rotatable bonds is 2. The third-order valence-corrected chi connectivity index (χ3v) is 3.19. The van der Waals surface area contributed by atoms with E-state index in [-0.39, 0.29) is 17.2 Å². The first-order valence-electron chi connectivity index (χ1n) is 5.71. The minimum Gasteiger partial charge on any atom is -0.506 e. The fourth-order valence-electron chi connectivity index (χ4n) is 1.70. The Morgan fingerprint density at radius 3 is 2.74 bits per heavy atom. The maximum absolute atomic E-state index is 12.1. The number of nitrogens with one attached hydrogen (secondary N) is 1. The average molecular weight is 321 g/mol. The average Bonchev–Trinajstić information content (AvgIpc) is 2.33. The molecule has 1 heterocycles. The van der Waals surface area contributed by atoms with Crippen LogP contribution in [0.5, 0.6) is 5.75 Å². The quantitative estimate of drug-likeness (QED) is 0.891.